The number of likely N-dealkylation sites (tertiary alicyclic amines) is 1. The maximum atomic E-state index is 12.7. The summed E-state index contributed by atoms with van der Waals surface area (Å²) < 4.78 is 5.65. The van der Waals surface area contributed by atoms with Crippen molar-refractivity contribution in [2.24, 2.45) is 0 Å². The second kappa shape index (κ2) is 15.4. The molecule has 2 rings (SSSR count). The van der Waals surface area contributed by atoms with Gasteiger partial charge in [-0.2, -0.15) is 0 Å². The van der Waals surface area contributed by atoms with E-state index in [0.29, 0.717) is 44.6 Å². The molecule has 1 aliphatic heterocycles. The summed E-state index contributed by atoms with van der Waals surface area (Å²) in [5.74, 6) is -2.28. The van der Waals surface area contributed by atoms with E-state index in [1.807, 2.05) is 0 Å². The van der Waals surface area contributed by atoms with Gasteiger partial charge in [0.05, 0.1) is 32.2 Å². The van der Waals surface area contributed by atoms with Crippen LogP contribution in [0.15, 0.2) is 36.9 Å². The fourth-order valence-electron chi connectivity index (χ4n) is 3.80. The molecule has 1 heterocycles. The van der Waals surface area contributed by atoms with E-state index in [4.69, 9.17) is 4.74 Å². The van der Waals surface area contributed by atoms with Crippen molar-refractivity contribution in [2.75, 3.05) is 32.8 Å². The van der Waals surface area contributed by atoms with Crippen molar-refractivity contribution in [3.05, 3.63) is 42.5 Å². The second-order valence-corrected chi connectivity index (χ2v) is 8.83. The Kier molecular flexibility index (Phi) is 12.3. The van der Waals surface area contributed by atoms with Gasteiger partial charge in [0, 0.05) is 13.1 Å². The predicted molar refractivity (Wildman–Crippen MR) is 136 cm³/mol. The molecule has 1 fully saturated rings. The van der Waals surface area contributed by atoms with Gasteiger partial charge < -0.3 is 30.7 Å². The highest BCUT2D eigenvalue weighted by atomic mass is 16.5. The lowest BCUT2D eigenvalue weighted by atomic mass is 10.1. The quantitative estimate of drug-likeness (QED) is 0.144. The first kappa shape index (κ1) is 29.5. The monoisotopic (exact) mass is 516 g/mol. The van der Waals surface area contributed by atoms with E-state index in [0.717, 1.165) is 5.56 Å². The molecule has 1 aromatic rings. The molecule has 202 valence electrons. The summed E-state index contributed by atoms with van der Waals surface area (Å²) in [5.41, 5.74) is 0.721. The molecule has 1 saturated heterocycles. The van der Waals surface area contributed by atoms with Gasteiger partial charge in [0.25, 0.3) is 5.91 Å². The number of hydrogen-bond donors (Lipinski definition) is 4. The summed E-state index contributed by atoms with van der Waals surface area (Å²) in [4.78, 5) is 62.4. The Labute approximate surface area is 216 Å². The van der Waals surface area contributed by atoms with Crippen molar-refractivity contribution in [3.8, 4) is 5.75 Å². The number of amides is 4. The molecule has 0 spiro atoms. The van der Waals surface area contributed by atoms with Gasteiger partial charge in [-0.05, 0) is 50.3 Å². The highest BCUT2D eigenvalue weighted by Crippen LogP contribution is 2.18. The molecule has 1 aliphatic rings. The molecule has 4 amide bonds. The van der Waals surface area contributed by atoms with Crippen LogP contribution in [0, 0.1) is 0 Å². The van der Waals surface area contributed by atoms with E-state index >= 15 is 0 Å². The first-order chi connectivity index (χ1) is 17.7. The number of nitrogens with zero attached hydrogens (tertiary/aromatic N) is 1. The van der Waals surface area contributed by atoms with Gasteiger partial charge in [0.2, 0.25) is 23.5 Å². The van der Waals surface area contributed by atoms with E-state index in [9.17, 15) is 29.1 Å². The van der Waals surface area contributed by atoms with Gasteiger partial charge in [-0.15, -0.1) is 6.58 Å². The maximum Gasteiger partial charge on any atom is 0.289 e. The topological polar surface area (TPSA) is 154 Å². The predicted octanol–water partition coefficient (Wildman–Crippen LogP) is -0.136. The van der Waals surface area contributed by atoms with E-state index < -0.39 is 36.1 Å². The minimum absolute atomic E-state index is 0.0537. The largest absolute Gasteiger partial charge is 0.494 e. The third-order valence-corrected chi connectivity index (χ3v) is 5.69. The van der Waals surface area contributed by atoms with E-state index in [1.54, 1.807) is 31.2 Å². The minimum Gasteiger partial charge on any atom is -0.494 e. The Morgan fingerprint density at radius 3 is 2.70 bits per heavy atom. The molecule has 0 aromatic heterocycles. The highest BCUT2D eigenvalue weighted by Gasteiger charge is 2.34. The van der Waals surface area contributed by atoms with Gasteiger partial charge in [-0.3, -0.25) is 24.0 Å². The third kappa shape index (κ3) is 10.4. The van der Waals surface area contributed by atoms with Gasteiger partial charge in [0.15, 0.2) is 0 Å². The Bertz CT molecular complexity index is 979. The lowest BCUT2D eigenvalue weighted by Gasteiger charge is -2.24. The zero-order valence-electron chi connectivity index (χ0n) is 21.2. The number of benzene rings is 1. The molecule has 37 heavy (non-hydrogen) atoms. The Hall–Kier alpha value is -3.73. The van der Waals surface area contributed by atoms with Crippen molar-refractivity contribution < 1.29 is 33.8 Å². The van der Waals surface area contributed by atoms with Crippen LogP contribution in [-0.2, 0) is 30.4 Å². The van der Waals surface area contributed by atoms with Gasteiger partial charge >= 0.3 is 0 Å². The van der Waals surface area contributed by atoms with Crippen molar-refractivity contribution >= 4 is 29.4 Å². The van der Waals surface area contributed by atoms with Crippen molar-refractivity contribution in [1.82, 2.24) is 20.9 Å². The number of hydrogen-bond acceptors (Lipinski definition) is 7. The van der Waals surface area contributed by atoms with Crippen molar-refractivity contribution in [1.29, 1.82) is 0 Å². The number of aliphatic hydroxyl groups excluding tert-OH is 1. The number of carbonyl (C=O) groups is 5. The maximum absolute atomic E-state index is 12.7. The number of carbonyl (C=O) groups excluding carboxylic acids is 5. The van der Waals surface area contributed by atoms with Crippen LogP contribution in [0.4, 0.5) is 0 Å². The average molecular weight is 517 g/mol. The summed E-state index contributed by atoms with van der Waals surface area (Å²) in [5, 5.41) is 16.6. The Balaban J connectivity index is 1.78. The molecule has 1 aromatic carbocycles. The van der Waals surface area contributed by atoms with Crippen LogP contribution in [0.1, 0.15) is 38.2 Å². The fourth-order valence-corrected chi connectivity index (χ4v) is 3.80. The smallest absolute Gasteiger partial charge is 0.289 e. The molecule has 11 nitrogen and oxygen atoms in total. The first-order valence-electron chi connectivity index (χ1n) is 12.4. The minimum atomic E-state index is -0.823. The van der Waals surface area contributed by atoms with Crippen LogP contribution in [0.25, 0.3) is 0 Å². The van der Waals surface area contributed by atoms with Crippen LogP contribution < -0.4 is 20.7 Å². The molecular formula is C26H36N4O7. The first-order valence-corrected chi connectivity index (χ1v) is 12.4. The summed E-state index contributed by atoms with van der Waals surface area (Å²) in [6.45, 7) is 5.38. The summed E-state index contributed by atoms with van der Waals surface area (Å²) in [6, 6.07) is 6.33. The van der Waals surface area contributed by atoms with Crippen molar-refractivity contribution in [2.45, 2.75) is 51.2 Å². The van der Waals surface area contributed by atoms with Gasteiger partial charge in [-0.25, -0.2) is 0 Å². The lowest BCUT2D eigenvalue weighted by molar-refractivity contribution is -0.140. The summed E-state index contributed by atoms with van der Waals surface area (Å²) in [7, 11) is 0. The molecular weight excluding hydrogens is 480 g/mol. The standard InChI is InChI=1S/C26H36N4O7/c1-3-11-27-26(36)22(32)16-29-25(35)21-10-5-12-30(21)24(34)17-28-23(33)15-19-8-4-9-20(14-19)37-13-6-7-18(2)31/h3-4,8-9,14,18,21,31H,1,5-7,10-13,15-17H2,2H3,(H,27,36)(H,28,33)(H,29,35). The molecule has 0 aliphatic carbocycles. The zero-order chi connectivity index (χ0) is 27.2. The molecule has 0 radical (unpaired) electrons. The fraction of sp³-hybridized carbons (Fsp3) is 0.500. The van der Waals surface area contributed by atoms with E-state index in [-0.39, 0.29) is 31.5 Å². The molecule has 2 unspecified atom stereocenters. The normalized spacial score (nSPS) is 15.4. The van der Waals surface area contributed by atoms with Crippen LogP contribution in [-0.4, -0.2) is 84.4 Å². The molecule has 0 bridgehead atoms. The van der Waals surface area contributed by atoms with Crippen LogP contribution >= 0.6 is 0 Å². The average Bonchev–Trinajstić information content (AvgIpc) is 3.37. The number of rotatable bonds is 15. The summed E-state index contributed by atoms with van der Waals surface area (Å²) >= 11 is 0. The zero-order valence-corrected chi connectivity index (χ0v) is 21.2. The number of ether oxygens (including phenoxy) is 1. The number of nitrogens with one attached hydrogen (secondary N) is 3. The molecule has 4 N–H and O–H groups in total. The van der Waals surface area contributed by atoms with Gasteiger partial charge in [0.1, 0.15) is 11.8 Å². The lowest BCUT2D eigenvalue weighted by Crippen LogP contribution is -2.50. The highest BCUT2D eigenvalue weighted by molar-refractivity contribution is 6.37. The molecule has 11 heteroatoms. The van der Waals surface area contributed by atoms with Crippen LogP contribution in [0.2, 0.25) is 0 Å². The Morgan fingerprint density at radius 1 is 1.19 bits per heavy atom. The van der Waals surface area contributed by atoms with E-state index in [1.165, 1.54) is 11.0 Å². The molecule has 0 saturated carbocycles. The Morgan fingerprint density at radius 2 is 1.97 bits per heavy atom. The van der Waals surface area contributed by atoms with Gasteiger partial charge in [-0.1, -0.05) is 18.2 Å². The number of aliphatic hydroxyl groups is 1. The SMILES string of the molecule is C=CCNC(=O)C(=O)CNC(=O)C1CCCN1C(=O)CNC(=O)Cc1cccc(OCCCC(C)O)c1. The molecule has 2 atom stereocenters. The third-order valence-electron chi connectivity index (χ3n) is 5.69. The number of Topliss-reactive ketones (excluding diaryl/α,β-unsaturated/α-hetero) is 1. The van der Waals surface area contributed by atoms with E-state index in [2.05, 4.69) is 22.5 Å². The van der Waals surface area contributed by atoms with Crippen LogP contribution in [0.3, 0.4) is 0 Å². The van der Waals surface area contributed by atoms with Crippen molar-refractivity contribution in [3.63, 3.8) is 0 Å². The number of ketones is 1. The van der Waals surface area contributed by atoms with Crippen LogP contribution in [0.5, 0.6) is 5.75 Å². The second-order valence-electron chi connectivity index (χ2n) is 8.83. The summed E-state index contributed by atoms with van der Waals surface area (Å²) in [6.07, 6.45) is 3.48.